The van der Waals surface area contributed by atoms with Gasteiger partial charge in [-0.3, -0.25) is 18.6 Å². The van der Waals surface area contributed by atoms with Gasteiger partial charge in [-0.15, -0.1) is 0 Å². The van der Waals surface area contributed by atoms with Crippen LogP contribution in [0.2, 0.25) is 0 Å². The Balaban J connectivity index is 4.15. The monoisotopic (exact) mass is 798 g/mol. The summed E-state index contributed by atoms with van der Waals surface area (Å²) in [6.07, 6.45) is 46.1. The van der Waals surface area contributed by atoms with E-state index >= 15 is 0 Å². The highest BCUT2D eigenvalue weighted by Gasteiger charge is 2.26. The van der Waals surface area contributed by atoms with Crippen molar-refractivity contribution in [3.63, 3.8) is 0 Å². The zero-order chi connectivity index (χ0) is 40.3. The van der Waals surface area contributed by atoms with Crippen molar-refractivity contribution in [1.82, 2.24) is 0 Å². The van der Waals surface area contributed by atoms with Crippen LogP contribution < -0.4 is 5.73 Å². The first-order valence-electron chi connectivity index (χ1n) is 22.5. The first-order valence-corrected chi connectivity index (χ1v) is 24.0. The van der Waals surface area contributed by atoms with Crippen molar-refractivity contribution >= 4 is 19.8 Å². The number of carbonyl (C=O) groups excluding carboxylic acids is 2. The molecule has 2 atom stereocenters. The lowest BCUT2D eigenvalue weighted by molar-refractivity contribution is -0.161. The molecule has 0 fully saturated rings. The average Bonchev–Trinajstić information content (AvgIpc) is 3.17. The van der Waals surface area contributed by atoms with Crippen LogP contribution in [-0.2, 0) is 32.7 Å². The van der Waals surface area contributed by atoms with Crippen LogP contribution in [0.4, 0.5) is 0 Å². The molecule has 1 unspecified atom stereocenters. The zero-order valence-electron chi connectivity index (χ0n) is 35.4. The minimum absolute atomic E-state index is 0.0489. The van der Waals surface area contributed by atoms with E-state index in [9.17, 15) is 19.0 Å². The SMILES string of the molecule is CCCCC/C=C\C/C=C\C/C=C\CCCCC(=O)OC[C@H](COP(=O)(O)OCCN)OC(=O)CCCCCCCCCCCCCCCCCCCCC. The van der Waals surface area contributed by atoms with Gasteiger partial charge in [0.2, 0.25) is 0 Å². The molecule has 0 spiro atoms. The fourth-order valence-electron chi connectivity index (χ4n) is 6.17. The van der Waals surface area contributed by atoms with Gasteiger partial charge in [0, 0.05) is 19.4 Å². The third-order valence-electron chi connectivity index (χ3n) is 9.53. The Bertz CT molecular complexity index is 1000. The predicted molar refractivity (Wildman–Crippen MR) is 229 cm³/mol. The van der Waals surface area contributed by atoms with Crippen molar-refractivity contribution in [1.29, 1.82) is 0 Å². The van der Waals surface area contributed by atoms with Gasteiger partial charge in [0.25, 0.3) is 0 Å². The third kappa shape index (κ3) is 41.7. The highest BCUT2D eigenvalue weighted by Crippen LogP contribution is 2.43. The van der Waals surface area contributed by atoms with E-state index in [4.69, 9.17) is 24.3 Å². The van der Waals surface area contributed by atoms with Crippen molar-refractivity contribution in [2.45, 2.75) is 213 Å². The number of carbonyl (C=O) groups is 2. The molecule has 0 aliphatic carbocycles. The standard InChI is InChI=1S/C45H84NO8P/c1-3-5-7-9-11-13-15-17-19-20-21-22-24-26-28-30-32-34-36-38-45(48)54-43(42-53-55(49,50)52-40-39-46)41-51-44(47)37-35-33-31-29-27-25-23-18-16-14-12-10-8-6-4-2/h12,14,18,23,27,29,43H,3-11,13,15-17,19-22,24-26,28,30-42,46H2,1-2H3,(H,49,50)/b14-12-,23-18-,29-27-/t43-/m1/s1. The summed E-state index contributed by atoms with van der Waals surface area (Å²) in [5.74, 6) is -0.867. The number of hydrogen-bond acceptors (Lipinski definition) is 8. The van der Waals surface area contributed by atoms with Crippen molar-refractivity contribution in [3.8, 4) is 0 Å². The molecule has 0 bridgehead atoms. The fourth-order valence-corrected chi connectivity index (χ4v) is 6.94. The summed E-state index contributed by atoms with van der Waals surface area (Å²) in [6, 6.07) is 0. The summed E-state index contributed by atoms with van der Waals surface area (Å²) in [5, 5.41) is 0. The summed E-state index contributed by atoms with van der Waals surface area (Å²) < 4.78 is 32.8. The van der Waals surface area contributed by atoms with Gasteiger partial charge < -0.3 is 20.1 Å². The zero-order valence-corrected chi connectivity index (χ0v) is 36.3. The van der Waals surface area contributed by atoms with Crippen LogP contribution in [0.3, 0.4) is 0 Å². The largest absolute Gasteiger partial charge is 0.472 e. The van der Waals surface area contributed by atoms with Gasteiger partial charge in [-0.25, -0.2) is 4.57 Å². The van der Waals surface area contributed by atoms with Gasteiger partial charge in [-0.1, -0.05) is 179 Å². The summed E-state index contributed by atoms with van der Waals surface area (Å²) in [7, 11) is -4.38. The van der Waals surface area contributed by atoms with Crippen LogP contribution in [0.25, 0.3) is 0 Å². The molecule has 10 heteroatoms. The summed E-state index contributed by atoms with van der Waals surface area (Å²) in [5.41, 5.74) is 5.35. The molecule has 0 heterocycles. The number of ether oxygens (including phenoxy) is 2. The molecule has 0 aromatic rings. The van der Waals surface area contributed by atoms with E-state index in [0.717, 1.165) is 44.9 Å². The maximum Gasteiger partial charge on any atom is 0.472 e. The number of rotatable bonds is 42. The second kappa shape index (κ2) is 41.9. The molecule has 55 heavy (non-hydrogen) atoms. The Morgan fingerprint density at radius 1 is 0.545 bits per heavy atom. The summed E-state index contributed by atoms with van der Waals surface area (Å²) >= 11 is 0. The Morgan fingerprint density at radius 2 is 0.945 bits per heavy atom. The number of nitrogens with two attached hydrogens (primary N) is 1. The van der Waals surface area contributed by atoms with E-state index in [1.54, 1.807) is 0 Å². The van der Waals surface area contributed by atoms with Crippen molar-refractivity contribution in [2.75, 3.05) is 26.4 Å². The number of unbranched alkanes of at least 4 members (excludes halogenated alkanes) is 23. The van der Waals surface area contributed by atoms with Crippen LogP contribution in [0.5, 0.6) is 0 Å². The molecule has 0 aromatic carbocycles. The Morgan fingerprint density at radius 3 is 1.44 bits per heavy atom. The van der Waals surface area contributed by atoms with E-state index in [-0.39, 0.29) is 32.6 Å². The molecule has 0 aromatic heterocycles. The summed E-state index contributed by atoms with van der Waals surface area (Å²) in [6.45, 7) is 3.68. The Kier molecular flexibility index (Phi) is 40.5. The maximum absolute atomic E-state index is 12.6. The highest BCUT2D eigenvalue weighted by atomic mass is 31.2. The first kappa shape index (κ1) is 53.2. The van der Waals surface area contributed by atoms with E-state index in [2.05, 4.69) is 50.3 Å². The van der Waals surface area contributed by atoms with Crippen LogP contribution in [0.15, 0.2) is 36.5 Å². The molecular weight excluding hydrogens is 713 g/mol. The fraction of sp³-hybridized carbons (Fsp3) is 0.822. The molecule has 0 aliphatic rings. The summed E-state index contributed by atoms with van der Waals surface area (Å²) in [4.78, 5) is 34.9. The van der Waals surface area contributed by atoms with E-state index < -0.39 is 32.5 Å². The van der Waals surface area contributed by atoms with Crippen molar-refractivity contribution < 1.29 is 37.6 Å². The molecule has 3 N–H and O–H groups in total. The van der Waals surface area contributed by atoms with Gasteiger partial charge in [0.05, 0.1) is 13.2 Å². The number of phosphoric acid groups is 1. The van der Waals surface area contributed by atoms with E-state index in [0.29, 0.717) is 12.8 Å². The molecule has 0 rings (SSSR count). The number of hydrogen-bond donors (Lipinski definition) is 2. The molecular formula is C45H84NO8P. The van der Waals surface area contributed by atoms with Crippen molar-refractivity contribution in [2.24, 2.45) is 5.73 Å². The number of phosphoric ester groups is 1. The minimum atomic E-state index is -4.38. The Hall–Kier alpha value is -1.77. The normalized spacial score (nSPS) is 13.6. The lowest BCUT2D eigenvalue weighted by atomic mass is 10.0. The van der Waals surface area contributed by atoms with Crippen LogP contribution >= 0.6 is 7.82 Å². The second-order valence-electron chi connectivity index (χ2n) is 14.9. The van der Waals surface area contributed by atoms with Gasteiger partial charge in [0.1, 0.15) is 6.61 Å². The lowest BCUT2D eigenvalue weighted by Gasteiger charge is -2.19. The molecule has 9 nitrogen and oxygen atoms in total. The highest BCUT2D eigenvalue weighted by molar-refractivity contribution is 7.47. The lowest BCUT2D eigenvalue weighted by Crippen LogP contribution is -2.29. The predicted octanol–water partition coefficient (Wildman–Crippen LogP) is 12.9. The quantitative estimate of drug-likeness (QED) is 0.0268. The second-order valence-corrected chi connectivity index (χ2v) is 16.4. The van der Waals surface area contributed by atoms with Crippen LogP contribution in [-0.4, -0.2) is 49.3 Å². The molecule has 0 aliphatic heterocycles. The first-order chi connectivity index (χ1) is 26.8. The smallest absolute Gasteiger partial charge is 0.462 e. The topological polar surface area (TPSA) is 134 Å². The number of esters is 2. The Labute approximate surface area is 337 Å². The molecule has 0 saturated carbocycles. The number of allylic oxidation sites excluding steroid dienone is 6. The van der Waals surface area contributed by atoms with Crippen LogP contribution in [0.1, 0.15) is 206 Å². The molecule has 322 valence electrons. The van der Waals surface area contributed by atoms with Gasteiger partial charge >= 0.3 is 19.8 Å². The average molecular weight is 798 g/mol. The van der Waals surface area contributed by atoms with Gasteiger partial charge in [0.15, 0.2) is 6.10 Å². The maximum atomic E-state index is 12.6. The van der Waals surface area contributed by atoms with Gasteiger partial charge in [-0.2, -0.15) is 0 Å². The minimum Gasteiger partial charge on any atom is -0.462 e. The van der Waals surface area contributed by atoms with Gasteiger partial charge in [-0.05, 0) is 51.4 Å². The van der Waals surface area contributed by atoms with Crippen LogP contribution in [0, 0.1) is 0 Å². The third-order valence-corrected chi connectivity index (χ3v) is 10.5. The van der Waals surface area contributed by atoms with E-state index in [1.807, 2.05) is 0 Å². The molecule has 0 radical (unpaired) electrons. The molecule has 0 amide bonds. The molecule has 0 saturated heterocycles. The van der Waals surface area contributed by atoms with Crippen molar-refractivity contribution in [3.05, 3.63) is 36.5 Å². The van der Waals surface area contributed by atoms with E-state index in [1.165, 1.54) is 122 Å².